The molecule has 1 atom stereocenters. The summed E-state index contributed by atoms with van der Waals surface area (Å²) in [7, 11) is 0. The second kappa shape index (κ2) is 6.11. The van der Waals surface area contributed by atoms with Crippen LogP contribution in [0.25, 0.3) is 0 Å². The van der Waals surface area contributed by atoms with Gasteiger partial charge in [0.25, 0.3) is 0 Å². The second-order valence-corrected chi connectivity index (χ2v) is 3.85. The van der Waals surface area contributed by atoms with Crippen molar-refractivity contribution in [3.63, 3.8) is 0 Å². The van der Waals surface area contributed by atoms with Gasteiger partial charge >= 0.3 is 0 Å². The third-order valence-electron chi connectivity index (χ3n) is 2.75. The highest BCUT2D eigenvalue weighted by molar-refractivity contribution is 6.00. The molecule has 0 aromatic heterocycles. The molecule has 0 aliphatic carbocycles. The molecule has 86 valence electrons. The van der Waals surface area contributed by atoms with E-state index < -0.39 is 0 Å². The topological polar surface area (TPSA) is 37.3 Å². The second-order valence-electron chi connectivity index (χ2n) is 3.85. The van der Waals surface area contributed by atoms with E-state index in [1.165, 1.54) is 0 Å². The van der Waals surface area contributed by atoms with Crippen LogP contribution in [0.1, 0.15) is 36.5 Å². The van der Waals surface area contributed by atoms with Gasteiger partial charge in [0, 0.05) is 5.92 Å². The maximum Gasteiger partial charge on any atom is 0.169 e. The van der Waals surface area contributed by atoms with E-state index in [0.29, 0.717) is 5.56 Å². The Labute approximate surface area is 96.6 Å². The highest BCUT2D eigenvalue weighted by Crippen LogP contribution is 2.23. The average Bonchev–Trinajstić information content (AvgIpc) is 2.30. The molecule has 1 aromatic carbocycles. The maximum absolute atomic E-state index is 12.1. The third kappa shape index (κ3) is 2.96. The normalized spacial score (nSPS) is 12.1. The zero-order valence-corrected chi connectivity index (χ0v) is 9.65. The molecule has 2 heteroatoms. The van der Waals surface area contributed by atoms with E-state index in [1.807, 2.05) is 13.0 Å². The molecule has 0 aliphatic rings. The molecular formula is C14H18O2. The third-order valence-corrected chi connectivity index (χ3v) is 2.75. The van der Waals surface area contributed by atoms with Crippen LogP contribution >= 0.6 is 0 Å². The van der Waals surface area contributed by atoms with E-state index in [1.54, 1.807) is 24.3 Å². The summed E-state index contributed by atoms with van der Waals surface area (Å²) < 4.78 is 0. The Morgan fingerprint density at radius 1 is 1.50 bits per heavy atom. The van der Waals surface area contributed by atoms with Gasteiger partial charge in [-0.25, -0.2) is 0 Å². The van der Waals surface area contributed by atoms with Crippen molar-refractivity contribution in [2.75, 3.05) is 0 Å². The number of ketones is 1. The van der Waals surface area contributed by atoms with Crippen LogP contribution in [0.15, 0.2) is 36.9 Å². The number of phenols is 1. The number of benzene rings is 1. The minimum atomic E-state index is -0.0219. The van der Waals surface area contributed by atoms with Gasteiger partial charge in [-0.2, -0.15) is 0 Å². The molecule has 1 aromatic rings. The number of carbonyl (C=O) groups excluding carboxylic acids is 1. The summed E-state index contributed by atoms with van der Waals surface area (Å²) in [6.45, 7) is 5.65. The molecule has 2 nitrogen and oxygen atoms in total. The molecular weight excluding hydrogens is 200 g/mol. The molecule has 0 bridgehead atoms. The Morgan fingerprint density at radius 2 is 2.19 bits per heavy atom. The summed E-state index contributed by atoms with van der Waals surface area (Å²) in [5, 5.41) is 9.61. The molecule has 0 fully saturated rings. The first-order valence-electron chi connectivity index (χ1n) is 5.63. The standard InChI is InChI=1S/C14H18O2/c1-3-5-8-11(4-2)14(16)12-9-6-7-10-13(12)15/h3,6-7,9-11,15H,1,4-5,8H2,2H3. The average molecular weight is 218 g/mol. The molecule has 0 spiro atoms. The van der Waals surface area contributed by atoms with Crippen LogP contribution in [-0.4, -0.2) is 10.9 Å². The largest absolute Gasteiger partial charge is 0.507 e. The van der Waals surface area contributed by atoms with Gasteiger partial charge in [-0.3, -0.25) is 4.79 Å². The first-order chi connectivity index (χ1) is 7.70. The number of allylic oxidation sites excluding steroid dienone is 1. The molecule has 0 radical (unpaired) electrons. The molecule has 0 amide bonds. The van der Waals surface area contributed by atoms with Gasteiger partial charge in [0.05, 0.1) is 5.56 Å². The number of hydrogen-bond acceptors (Lipinski definition) is 2. The van der Waals surface area contributed by atoms with Gasteiger partial charge < -0.3 is 5.11 Å². The Bertz CT molecular complexity index is 369. The molecule has 0 saturated heterocycles. The number of para-hydroxylation sites is 1. The van der Waals surface area contributed by atoms with Crippen LogP contribution in [0.3, 0.4) is 0 Å². The Kier molecular flexibility index (Phi) is 4.77. The number of aromatic hydroxyl groups is 1. The van der Waals surface area contributed by atoms with Gasteiger partial charge in [-0.15, -0.1) is 6.58 Å². The maximum atomic E-state index is 12.1. The van der Waals surface area contributed by atoms with Gasteiger partial charge in [0.1, 0.15) is 5.75 Å². The van der Waals surface area contributed by atoms with E-state index in [9.17, 15) is 9.90 Å². The van der Waals surface area contributed by atoms with Crippen LogP contribution in [0.2, 0.25) is 0 Å². The summed E-state index contributed by atoms with van der Waals surface area (Å²) in [5.74, 6) is 0.0818. The van der Waals surface area contributed by atoms with Crippen molar-refractivity contribution in [2.45, 2.75) is 26.2 Å². The minimum Gasteiger partial charge on any atom is -0.507 e. The summed E-state index contributed by atoms with van der Waals surface area (Å²) in [6, 6.07) is 6.71. The van der Waals surface area contributed by atoms with Crippen LogP contribution in [0.4, 0.5) is 0 Å². The van der Waals surface area contributed by atoms with Crippen molar-refractivity contribution >= 4 is 5.78 Å². The van der Waals surface area contributed by atoms with Crippen molar-refractivity contribution in [1.82, 2.24) is 0 Å². The van der Waals surface area contributed by atoms with Crippen LogP contribution in [0, 0.1) is 5.92 Å². The molecule has 1 unspecified atom stereocenters. The number of Topliss-reactive ketones (excluding diaryl/α,β-unsaturated/α-hetero) is 1. The van der Waals surface area contributed by atoms with Crippen LogP contribution in [-0.2, 0) is 0 Å². The lowest BCUT2D eigenvalue weighted by atomic mass is 9.91. The number of hydrogen-bond donors (Lipinski definition) is 1. The van der Waals surface area contributed by atoms with Gasteiger partial charge in [-0.05, 0) is 31.4 Å². The summed E-state index contributed by atoms with van der Waals surface area (Å²) in [5.41, 5.74) is 0.429. The highest BCUT2D eigenvalue weighted by atomic mass is 16.3. The van der Waals surface area contributed by atoms with E-state index >= 15 is 0 Å². The Hall–Kier alpha value is -1.57. The SMILES string of the molecule is C=CCCC(CC)C(=O)c1ccccc1O. The fourth-order valence-electron chi connectivity index (χ4n) is 1.74. The van der Waals surface area contributed by atoms with E-state index in [0.717, 1.165) is 19.3 Å². The lowest BCUT2D eigenvalue weighted by Crippen LogP contribution is -2.14. The fraction of sp³-hybridized carbons (Fsp3) is 0.357. The van der Waals surface area contributed by atoms with Crippen molar-refractivity contribution in [1.29, 1.82) is 0 Å². The van der Waals surface area contributed by atoms with Crippen LogP contribution < -0.4 is 0 Å². The zero-order valence-electron chi connectivity index (χ0n) is 9.65. The Morgan fingerprint density at radius 3 is 2.75 bits per heavy atom. The van der Waals surface area contributed by atoms with Crippen LogP contribution in [0.5, 0.6) is 5.75 Å². The Balaban J connectivity index is 2.82. The van der Waals surface area contributed by atoms with Gasteiger partial charge in [0.15, 0.2) is 5.78 Å². The van der Waals surface area contributed by atoms with Crippen molar-refractivity contribution < 1.29 is 9.90 Å². The molecule has 1 rings (SSSR count). The smallest absolute Gasteiger partial charge is 0.169 e. The first kappa shape index (κ1) is 12.5. The fourth-order valence-corrected chi connectivity index (χ4v) is 1.74. The van der Waals surface area contributed by atoms with Crippen molar-refractivity contribution in [2.24, 2.45) is 5.92 Å². The quantitative estimate of drug-likeness (QED) is 0.585. The predicted molar refractivity (Wildman–Crippen MR) is 65.6 cm³/mol. The zero-order chi connectivity index (χ0) is 12.0. The molecule has 16 heavy (non-hydrogen) atoms. The van der Waals surface area contributed by atoms with E-state index in [4.69, 9.17) is 0 Å². The van der Waals surface area contributed by atoms with Crippen molar-refractivity contribution in [3.05, 3.63) is 42.5 Å². The first-order valence-corrected chi connectivity index (χ1v) is 5.63. The molecule has 0 heterocycles. The van der Waals surface area contributed by atoms with Gasteiger partial charge in [0.2, 0.25) is 0 Å². The van der Waals surface area contributed by atoms with Gasteiger partial charge in [-0.1, -0.05) is 25.1 Å². The predicted octanol–water partition coefficient (Wildman–Crippen LogP) is 3.57. The summed E-state index contributed by atoms with van der Waals surface area (Å²) in [6.07, 6.45) is 4.24. The highest BCUT2D eigenvalue weighted by Gasteiger charge is 2.19. The van der Waals surface area contributed by atoms with E-state index in [-0.39, 0.29) is 17.5 Å². The number of phenolic OH excluding ortho intramolecular Hbond substituents is 1. The minimum absolute atomic E-state index is 0.0219. The number of carbonyl (C=O) groups is 1. The summed E-state index contributed by atoms with van der Waals surface area (Å²) in [4.78, 5) is 12.1. The lowest BCUT2D eigenvalue weighted by molar-refractivity contribution is 0.0908. The van der Waals surface area contributed by atoms with Crippen molar-refractivity contribution in [3.8, 4) is 5.75 Å². The monoisotopic (exact) mass is 218 g/mol. The number of rotatable bonds is 6. The van der Waals surface area contributed by atoms with E-state index in [2.05, 4.69) is 6.58 Å². The molecule has 0 aliphatic heterocycles. The molecule has 0 saturated carbocycles. The lowest BCUT2D eigenvalue weighted by Gasteiger charge is -2.13. The summed E-state index contributed by atoms with van der Waals surface area (Å²) >= 11 is 0. The molecule has 1 N–H and O–H groups in total.